The Kier molecular flexibility index (Phi) is 12.3. The number of methoxy groups -OCH3 is 2. The summed E-state index contributed by atoms with van der Waals surface area (Å²) in [6.07, 6.45) is 0. The van der Waals surface area contributed by atoms with E-state index in [0.717, 1.165) is 29.4 Å². The molecule has 0 aromatic heterocycles. The molecular weight excluding hydrogens is 334 g/mol. The van der Waals surface area contributed by atoms with Crippen molar-refractivity contribution in [3.8, 4) is 5.75 Å². The van der Waals surface area contributed by atoms with E-state index in [1.807, 2.05) is 19.9 Å². The van der Waals surface area contributed by atoms with Crippen molar-refractivity contribution in [2.45, 2.75) is 20.4 Å². The van der Waals surface area contributed by atoms with Crippen LogP contribution in [-0.4, -0.2) is 66.3 Å². The average molecular weight is 367 g/mol. The van der Waals surface area contributed by atoms with Crippen LogP contribution in [0.25, 0.3) is 0 Å². The van der Waals surface area contributed by atoms with Gasteiger partial charge in [0.2, 0.25) is 0 Å². The van der Waals surface area contributed by atoms with Crippen molar-refractivity contribution in [3.63, 3.8) is 0 Å². The number of guanidine groups is 1. The Morgan fingerprint density at radius 1 is 1.00 bits per heavy atom. The highest BCUT2D eigenvalue weighted by molar-refractivity contribution is 5.79. The number of nitrogens with one attached hydrogen (secondary N) is 2. The van der Waals surface area contributed by atoms with Gasteiger partial charge >= 0.3 is 0 Å². The molecule has 0 saturated heterocycles. The van der Waals surface area contributed by atoms with Gasteiger partial charge in [0.15, 0.2) is 5.96 Å². The first kappa shape index (κ1) is 22.2. The van der Waals surface area contributed by atoms with E-state index in [9.17, 15) is 0 Å². The summed E-state index contributed by atoms with van der Waals surface area (Å²) in [4.78, 5) is 4.64. The molecule has 7 heteroatoms. The SMILES string of the molecule is CCNC(=NCc1ccc(C)cc1OCCOC)NCCOCCOC. The molecule has 0 aliphatic heterocycles. The predicted octanol–water partition coefficient (Wildman–Crippen LogP) is 1.74. The number of hydrogen-bond acceptors (Lipinski definition) is 5. The summed E-state index contributed by atoms with van der Waals surface area (Å²) in [6, 6.07) is 6.15. The van der Waals surface area contributed by atoms with Gasteiger partial charge in [0.05, 0.1) is 33.0 Å². The quantitative estimate of drug-likeness (QED) is 0.314. The smallest absolute Gasteiger partial charge is 0.191 e. The number of benzene rings is 1. The van der Waals surface area contributed by atoms with E-state index in [0.29, 0.717) is 46.1 Å². The van der Waals surface area contributed by atoms with Crippen molar-refractivity contribution in [2.24, 2.45) is 4.99 Å². The second-order valence-corrected chi connectivity index (χ2v) is 5.68. The fraction of sp³-hybridized carbons (Fsp3) is 0.632. The van der Waals surface area contributed by atoms with E-state index in [1.165, 1.54) is 0 Å². The Balaban J connectivity index is 2.58. The maximum Gasteiger partial charge on any atom is 0.191 e. The largest absolute Gasteiger partial charge is 0.491 e. The third-order valence-corrected chi connectivity index (χ3v) is 3.49. The molecule has 0 saturated carbocycles. The summed E-state index contributed by atoms with van der Waals surface area (Å²) in [5.41, 5.74) is 2.20. The lowest BCUT2D eigenvalue weighted by Crippen LogP contribution is -2.39. The van der Waals surface area contributed by atoms with Crippen LogP contribution in [0.1, 0.15) is 18.1 Å². The predicted molar refractivity (Wildman–Crippen MR) is 104 cm³/mol. The first-order chi connectivity index (χ1) is 12.7. The lowest BCUT2D eigenvalue weighted by Gasteiger charge is -2.13. The standard InChI is InChI=1S/C19H33N3O4/c1-5-20-19(21-8-9-25-12-10-23-3)22-15-17-7-6-16(2)14-18(17)26-13-11-24-4/h6-7,14H,5,8-13,15H2,1-4H3,(H2,20,21,22). The van der Waals surface area contributed by atoms with Gasteiger partial charge in [0.25, 0.3) is 0 Å². The van der Waals surface area contributed by atoms with E-state index in [-0.39, 0.29) is 0 Å². The fourth-order valence-corrected chi connectivity index (χ4v) is 2.15. The van der Waals surface area contributed by atoms with Gasteiger partial charge in [-0.05, 0) is 25.5 Å². The zero-order valence-corrected chi connectivity index (χ0v) is 16.5. The molecule has 0 atom stereocenters. The summed E-state index contributed by atoms with van der Waals surface area (Å²) < 4.78 is 21.3. The Morgan fingerprint density at radius 2 is 1.77 bits per heavy atom. The molecule has 2 N–H and O–H groups in total. The monoisotopic (exact) mass is 367 g/mol. The minimum Gasteiger partial charge on any atom is -0.491 e. The number of aliphatic imine (C=N–C) groups is 1. The second-order valence-electron chi connectivity index (χ2n) is 5.68. The molecular formula is C19H33N3O4. The molecule has 0 spiro atoms. The van der Waals surface area contributed by atoms with Gasteiger partial charge in [-0.2, -0.15) is 0 Å². The Hall–Kier alpha value is -1.83. The molecule has 0 radical (unpaired) electrons. The molecule has 0 fully saturated rings. The third kappa shape index (κ3) is 9.60. The molecule has 1 aromatic rings. The Morgan fingerprint density at radius 3 is 2.50 bits per heavy atom. The molecule has 0 aliphatic rings. The van der Waals surface area contributed by atoms with Crippen LogP contribution in [0.3, 0.4) is 0 Å². The van der Waals surface area contributed by atoms with Crippen molar-refractivity contribution in [1.29, 1.82) is 0 Å². The topological polar surface area (TPSA) is 73.3 Å². The van der Waals surface area contributed by atoms with Gasteiger partial charge in [0, 0.05) is 32.9 Å². The average Bonchev–Trinajstić information content (AvgIpc) is 2.63. The summed E-state index contributed by atoms with van der Waals surface area (Å²) in [7, 11) is 3.33. The summed E-state index contributed by atoms with van der Waals surface area (Å²) >= 11 is 0. The molecule has 0 bridgehead atoms. The van der Waals surface area contributed by atoms with Gasteiger partial charge in [-0.25, -0.2) is 4.99 Å². The van der Waals surface area contributed by atoms with Crippen LogP contribution >= 0.6 is 0 Å². The molecule has 0 aliphatic carbocycles. The summed E-state index contributed by atoms with van der Waals surface area (Å²) in [5, 5.41) is 6.50. The highest BCUT2D eigenvalue weighted by Crippen LogP contribution is 2.21. The van der Waals surface area contributed by atoms with Gasteiger partial charge in [-0.1, -0.05) is 12.1 Å². The molecule has 1 aromatic carbocycles. The molecule has 7 nitrogen and oxygen atoms in total. The number of rotatable bonds is 13. The lowest BCUT2D eigenvalue weighted by molar-refractivity contribution is 0.0733. The van der Waals surface area contributed by atoms with E-state index in [1.54, 1.807) is 14.2 Å². The minimum absolute atomic E-state index is 0.522. The number of ether oxygens (including phenoxy) is 4. The zero-order chi connectivity index (χ0) is 19.0. The van der Waals surface area contributed by atoms with E-state index in [4.69, 9.17) is 18.9 Å². The first-order valence-corrected chi connectivity index (χ1v) is 9.01. The van der Waals surface area contributed by atoms with Gasteiger partial charge in [-0.15, -0.1) is 0 Å². The van der Waals surface area contributed by atoms with E-state index >= 15 is 0 Å². The first-order valence-electron chi connectivity index (χ1n) is 9.01. The molecule has 0 unspecified atom stereocenters. The van der Waals surface area contributed by atoms with Crippen LogP contribution in [0.2, 0.25) is 0 Å². The number of nitrogens with zero attached hydrogens (tertiary/aromatic N) is 1. The maximum atomic E-state index is 5.82. The van der Waals surface area contributed by atoms with Crippen LogP contribution in [0.5, 0.6) is 5.75 Å². The van der Waals surface area contributed by atoms with Gasteiger partial charge in [0.1, 0.15) is 12.4 Å². The van der Waals surface area contributed by atoms with Crippen molar-refractivity contribution in [1.82, 2.24) is 10.6 Å². The molecule has 148 valence electrons. The normalized spacial score (nSPS) is 11.5. The van der Waals surface area contributed by atoms with Crippen LogP contribution in [-0.2, 0) is 20.8 Å². The lowest BCUT2D eigenvalue weighted by atomic mass is 10.1. The number of aryl methyl sites for hydroxylation is 1. The molecule has 1 rings (SSSR count). The van der Waals surface area contributed by atoms with Crippen LogP contribution in [0.15, 0.2) is 23.2 Å². The van der Waals surface area contributed by atoms with Gasteiger partial charge < -0.3 is 29.6 Å². The highest BCUT2D eigenvalue weighted by Gasteiger charge is 2.05. The van der Waals surface area contributed by atoms with Gasteiger partial charge in [-0.3, -0.25) is 0 Å². The van der Waals surface area contributed by atoms with Crippen LogP contribution in [0, 0.1) is 6.92 Å². The fourth-order valence-electron chi connectivity index (χ4n) is 2.15. The zero-order valence-electron chi connectivity index (χ0n) is 16.5. The molecule has 0 heterocycles. The summed E-state index contributed by atoms with van der Waals surface area (Å²) in [5.74, 6) is 1.61. The highest BCUT2D eigenvalue weighted by atomic mass is 16.5. The van der Waals surface area contributed by atoms with Crippen molar-refractivity contribution in [2.75, 3.05) is 60.3 Å². The number of hydrogen-bond donors (Lipinski definition) is 2. The molecule has 26 heavy (non-hydrogen) atoms. The second kappa shape index (κ2) is 14.4. The summed E-state index contributed by atoms with van der Waals surface area (Å²) in [6.45, 7) is 8.97. The van der Waals surface area contributed by atoms with Crippen molar-refractivity contribution >= 4 is 5.96 Å². The Labute approximate surface area is 157 Å². The molecule has 0 amide bonds. The maximum absolute atomic E-state index is 5.82. The van der Waals surface area contributed by atoms with E-state index < -0.39 is 0 Å². The minimum atomic E-state index is 0.522. The van der Waals surface area contributed by atoms with Crippen LogP contribution < -0.4 is 15.4 Å². The van der Waals surface area contributed by atoms with E-state index in [2.05, 4.69) is 27.8 Å². The van der Waals surface area contributed by atoms with Crippen molar-refractivity contribution in [3.05, 3.63) is 29.3 Å². The third-order valence-electron chi connectivity index (χ3n) is 3.49. The van der Waals surface area contributed by atoms with Crippen molar-refractivity contribution < 1.29 is 18.9 Å². The Bertz CT molecular complexity index is 524. The van der Waals surface area contributed by atoms with Crippen LogP contribution in [0.4, 0.5) is 0 Å².